The maximum atomic E-state index is 12.0. The molecular weight excluding hydrogens is 392 g/mol. The van der Waals surface area contributed by atoms with Crippen LogP contribution in [0.5, 0.6) is 0 Å². The minimum absolute atomic E-state index is 0.0127. The number of guanidine groups is 1. The van der Waals surface area contributed by atoms with Gasteiger partial charge in [-0.1, -0.05) is 24.3 Å². The highest BCUT2D eigenvalue weighted by Crippen LogP contribution is 2.19. The van der Waals surface area contributed by atoms with Gasteiger partial charge in [0.25, 0.3) is 0 Å². The normalized spacial score (nSPS) is 21.2. The molecule has 7 nitrogen and oxygen atoms in total. The number of hydrogen-bond donors (Lipinski definition) is 1. The summed E-state index contributed by atoms with van der Waals surface area (Å²) < 4.78 is 10.8. The Kier molecular flexibility index (Phi) is 9.15. The Morgan fingerprint density at radius 1 is 1.23 bits per heavy atom. The summed E-state index contributed by atoms with van der Waals surface area (Å²) in [6.45, 7) is 13.4. The van der Waals surface area contributed by atoms with Crippen LogP contribution in [0.3, 0.4) is 0 Å². The number of benzene rings is 1. The number of aliphatic imine (C=N–C) groups is 1. The standard InChI is InChI=1S/C24H38N4O3/c1-4-25-24(28-11-9-22(10-12-28)23(29)30-5-2)26-16-20-7-6-8-21(15-20)18-27-13-14-31-19(3)17-27/h6-8,15,19,22H,4-5,9-14,16-18H2,1-3H3,(H,25,26). The van der Waals surface area contributed by atoms with Crippen molar-refractivity contribution in [1.82, 2.24) is 15.1 Å². The van der Waals surface area contributed by atoms with Crippen molar-refractivity contribution in [2.24, 2.45) is 10.9 Å². The molecule has 0 bridgehead atoms. The Labute approximate surface area is 186 Å². The Morgan fingerprint density at radius 2 is 2.00 bits per heavy atom. The number of morpholine rings is 1. The SMILES string of the molecule is CCNC(=NCc1cccc(CN2CCOC(C)C2)c1)N1CCC(C(=O)OCC)CC1. The quantitative estimate of drug-likeness (QED) is 0.408. The van der Waals surface area contributed by atoms with E-state index in [9.17, 15) is 4.79 Å². The Morgan fingerprint density at radius 3 is 2.71 bits per heavy atom. The van der Waals surface area contributed by atoms with Crippen molar-refractivity contribution in [3.8, 4) is 0 Å². The third kappa shape index (κ3) is 7.21. The van der Waals surface area contributed by atoms with Gasteiger partial charge in [-0.05, 0) is 44.7 Å². The molecule has 0 radical (unpaired) electrons. The van der Waals surface area contributed by atoms with Crippen LogP contribution in [0.2, 0.25) is 0 Å². The Hall–Kier alpha value is -2.12. The van der Waals surface area contributed by atoms with E-state index in [2.05, 4.69) is 53.2 Å². The molecule has 2 aliphatic heterocycles. The molecule has 3 rings (SSSR count). The molecule has 1 aromatic rings. The second-order valence-corrected chi connectivity index (χ2v) is 8.42. The molecule has 1 N–H and O–H groups in total. The molecule has 31 heavy (non-hydrogen) atoms. The number of nitrogens with zero attached hydrogens (tertiary/aromatic N) is 3. The van der Waals surface area contributed by atoms with Crippen LogP contribution >= 0.6 is 0 Å². The predicted octanol–water partition coefficient (Wildman–Crippen LogP) is 2.65. The fraction of sp³-hybridized carbons (Fsp3) is 0.667. The van der Waals surface area contributed by atoms with Crippen LogP contribution in [0, 0.1) is 5.92 Å². The zero-order valence-electron chi connectivity index (χ0n) is 19.3. The lowest BCUT2D eigenvalue weighted by Gasteiger charge is -2.33. The molecule has 0 saturated carbocycles. The smallest absolute Gasteiger partial charge is 0.309 e. The number of rotatable bonds is 7. The average Bonchev–Trinajstić information content (AvgIpc) is 2.77. The van der Waals surface area contributed by atoms with Crippen molar-refractivity contribution >= 4 is 11.9 Å². The third-order valence-corrected chi connectivity index (χ3v) is 5.88. The number of ether oxygens (including phenoxy) is 2. The Bertz CT molecular complexity index is 731. The third-order valence-electron chi connectivity index (χ3n) is 5.88. The van der Waals surface area contributed by atoms with Gasteiger partial charge in [0.15, 0.2) is 5.96 Å². The van der Waals surface area contributed by atoms with Gasteiger partial charge in [-0.15, -0.1) is 0 Å². The first-order valence-electron chi connectivity index (χ1n) is 11.7. The van der Waals surface area contributed by atoms with E-state index in [1.54, 1.807) is 0 Å². The molecule has 2 fully saturated rings. The monoisotopic (exact) mass is 430 g/mol. The minimum atomic E-state index is -0.0597. The zero-order chi connectivity index (χ0) is 22.1. The predicted molar refractivity (Wildman–Crippen MR) is 123 cm³/mol. The first-order valence-corrected chi connectivity index (χ1v) is 11.7. The van der Waals surface area contributed by atoms with E-state index < -0.39 is 0 Å². The molecule has 0 spiro atoms. The van der Waals surface area contributed by atoms with E-state index in [1.165, 1.54) is 11.1 Å². The van der Waals surface area contributed by atoms with E-state index >= 15 is 0 Å². The largest absolute Gasteiger partial charge is 0.466 e. The van der Waals surface area contributed by atoms with Crippen LogP contribution in [-0.2, 0) is 27.4 Å². The van der Waals surface area contributed by atoms with Gasteiger partial charge in [-0.2, -0.15) is 0 Å². The van der Waals surface area contributed by atoms with Gasteiger partial charge in [0.05, 0.1) is 31.8 Å². The Balaban J connectivity index is 1.57. The highest BCUT2D eigenvalue weighted by molar-refractivity contribution is 5.80. The number of esters is 1. The van der Waals surface area contributed by atoms with Crippen LogP contribution in [0.25, 0.3) is 0 Å². The molecule has 0 aromatic heterocycles. The number of likely N-dealkylation sites (tertiary alicyclic amines) is 1. The minimum Gasteiger partial charge on any atom is -0.466 e. The summed E-state index contributed by atoms with van der Waals surface area (Å²) in [5.74, 6) is 0.881. The summed E-state index contributed by atoms with van der Waals surface area (Å²) in [6.07, 6.45) is 1.94. The molecule has 7 heteroatoms. The number of nitrogens with one attached hydrogen (secondary N) is 1. The van der Waals surface area contributed by atoms with Gasteiger partial charge < -0.3 is 19.7 Å². The van der Waals surface area contributed by atoms with Gasteiger partial charge in [0.2, 0.25) is 0 Å². The van der Waals surface area contributed by atoms with E-state index in [4.69, 9.17) is 14.5 Å². The molecule has 0 amide bonds. The van der Waals surface area contributed by atoms with E-state index in [0.717, 1.165) is 64.7 Å². The van der Waals surface area contributed by atoms with Crippen LogP contribution < -0.4 is 5.32 Å². The fourth-order valence-corrected chi connectivity index (χ4v) is 4.30. The van der Waals surface area contributed by atoms with E-state index in [-0.39, 0.29) is 11.9 Å². The van der Waals surface area contributed by atoms with Crippen molar-refractivity contribution in [1.29, 1.82) is 0 Å². The number of hydrogen-bond acceptors (Lipinski definition) is 5. The molecule has 0 aliphatic carbocycles. The molecule has 1 unspecified atom stereocenters. The lowest BCUT2D eigenvalue weighted by molar-refractivity contribution is -0.149. The summed E-state index contributed by atoms with van der Waals surface area (Å²) in [4.78, 5) is 21.6. The van der Waals surface area contributed by atoms with Gasteiger partial charge in [0, 0.05) is 39.3 Å². The molecule has 2 heterocycles. The number of carbonyl (C=O) groups is 1. The first kappa shape index (κ1) is 23.5. The molecule has 2 saturated heterocycles. The van der Waals surface area contributed by atoms with Crippen LogP contribution in [0.4, 0.5) is 0 Å². The number of carbonyl (C=O) groups excluding carboxylic acids is 1. The summed E-state index contributed by atoms with van der Waals surface area (Å²) in [5.41, 5.74) is 2.54. The molecule has 1 atom stereocenters. The maximum Gasteiger partial charge on any atom is 0.309 e. The van der Waals surface area contributed by atoms with Crippen molar-refractivity contribution in [3.05, 3.63) is 35.4 Å². The summed E-state index contributed by atoms with van der Waals surface area (Å²) in [5, 5.41) is 3.41. The topological polar surface area (TPSA) is 66.4 Å². The second-order valence-electron chi connectivity index (χ2n) is 8.42. The summed E-state index contributed by atoms with van der Waals surface area (Å²) >= 11 is 0. The molecule has 1 aromatic carbocycles. The highest BCUT2D eigenvalue weighted by atomic mass is 16.5. The van der Waals surface area contributed by atoms with Gasteiger partial charge >= 0.3 is 5.97 Å². The highest BCUT2D eigenvalue weighted by Gasteiger charge is 2.27. The number of piperidine rings is 1. The lowest BCUT2D eigenvalue weighted by atomic mass is 9.97. The maximum absolute atomic E-state index is 12.0. The molecule has 2 aliphatic rings. The van der Waals surface area contributed by atoms with Crippen LogP contribution in [-0.4, -0.2) is 73.8 Å². The lowest BCUT2D eigenvalue weighted by Crippen LogP contribution is -2.46. The van der Waals surface area contributed by atoms with Crippen LogP contribution in [0.1, 0.15) is 44.7 Å². The molecule has 172 valence electrons. The van der Waals surface area contributed by atoms with Crippen molar-refractivity contribution < 1.29 is 14.3 Å². The summed E-state index contributed by atoms with van der Waals surface area (Å²) in [6, 6.07) is 8.73. The fourth-order valence-electron chi connectivity index (χ4n) is 4.30. The van der Waals surface area contributed by atoms with Crippen molar-refractivity contribution in [3.63, 3.8) is 0 Å². The van der Waals surface area contributed by atoms with E-state index in [1.807, 2.05) is 6.92 Å². The average molecular weight is 431 g/mol. The van der Waals surface area contributed by atoms with E-state index in [0.29, 0.717) is 19.3 Å². The van der Waals surface area contributed by atoms with Crippen molar-refractivity contribution in [2.75, 3.05) is 45.9 Å². The van der Waals surface area contributed by atoms with Gasteiger partial charge in [-0.25, -0.2) is 4.99 Å². The molecular formula is C24H38N4O3. The van der Waals surface area contributed by atoms with Gasteiger partial charge in [0.1, 0.15) is 0 Å². The van der Waals surface area contributed by atoms with Crippen LogP contribution in [0.15, 0.2) is 29.3 Å². The first-order chi connectivity index (χ1) is 15.1. The van der Waals surface area contributed by atoms with Gasteiger partial charge in [-0.3, -0.25) is 9.69 Å². The second kappa shape index (κ2) is 12.1. The van der Waals surface area contributed by atoms with Crippen molar-refractivity contribution in [2.45, 2.75) is 52.8 Å². The summed E-state index contributed by atoms with van der Waals surface area (Å²) in [7, 11) is 0. The zero-order valence-corrected chi connectivity index (χ0v) is 19.3.